The first-order valence-corrected chi connectivity index (χ1v) is 8.01. The summed E-state index contributed by atoms with van der Waals surface area (Å²) in [5, 5.41) is 7.75. The minimum absolute atomic E-state index is 0.325. The molecular weight excluding hydrogens is 250 g/mol. The van der Waals surface area contributed by atoms with Gasteiger partial charge in [0.2, 0.25) is 0 Å². The van der Waals surface area contributed by atoms with Crippen LogP contribution < -0.4 is 5.32 Å². The Morgan fingerprint density at radius 3 is 2.70 bits per heavy atom. The predicted octanol–water partition coefficient (Wildman–Crippen LogP) is 2.54. The Labute approximate surface area is 122 Å². The van der Waals surface area contributed by atoms with Crippen LogP contribution in [0.25, 0.3) is 0 Å². The number of ether oxygens (including phenoxy) is 1. The Balaban J connectivity index is 2.03. The molecule has 1 saturated carbocycles. The summed E-state index contributed by atoms with van der Waals surface area (Å²) in [6.07, 6.45) is 12.1. The second-order valence-corrected chi connectivity index (χ2v) is 5.94. The van der Waals surface area contributed by atoms with Crippen molar-refractivity contribution in [1.82, 2.24) is 15.1 Å². The molecule has 2 unspecified atom stereocenters. The first kappa shape index (κ1) is 15.5. The molecule has 1 fully saturated rings. The lowest BCUT2D eigenvalue weighted by molar-refractivity contribution is -0.0159. The zero-order valence-corrected chi connectivity index (χ0v) is 13.1. The summed E-state index contributed by atoms with van der Waals surface area (Å²) < 4.78 is 8.00. The number of nitrogens with one attached hydrogen (secondary N) is 1. The first-order chi connectivity index (χ1) is 9.74. The molecule has 20 heavy (non-hydrogen) atoms. The molecule has 0 saturated heterocycles. The summed E-state index contributed by atoms with van der Waals surface area (Å²) in [5.74, 6) is 0.706. The van der Waals surface area contributed by atoms with E-state index in [0.29, 0.717) is 18.1 Å². The van der Waals surface area contributed by atoms with Crippen molar-refractivity contribution in [1.29, 1.82) is 0 Å². The second-order valence-electron chi connectivity index (χ2n) is 5.94. The number of hydrogen-bond acceptors (Lipinski definition) is 3. The molecule has 2 atom stereocenters. The van der Waals surface area contributed by atoms with Crippen molar-refractivity contribution in [3.63, 3.8) is 0 Å². The zero-order valence-electron chi connectivity index (χ0n) is 13.1. The maximum absolute atomic E-state index is 6.12. The summed E-state index contributed by atoms with van der Waals surface area (Å²) in [6, 6.07) is 0.377. The van der Waals surface area contributed by atoms with Crippen LogP contribution in [0, 0.1) is 5.92 Å². The third kappa shape index (κ3) is 4.06. The molecule has 0 aliphatic heterocycles. The Morgan fingerprint density at radius 1 is 1.40 bits per heavy atom. The Bertz CT molecular complexity index is 385. The average Bonchev–Trinajstić information content (AvgIpc) is 2.89. The van der Waals surface area contributed by atoms with Crippen LogP contribution in [0.3, 0.4) is 0 Å². The highest BCUT2D eigenvalue weighted by Crippen LogP contribution is 2.30. The molecule has 1 aromatic heterocycles. The van der Waals surface area contributed by atoms with Crippen LogP contribution in [0.4, 0.5) is 0 Å². The van der Waals surface area contributed by atoms with Crippen LogP contribution >= 0.6 is 0 Å². The quantitative estimate of drug-likeness (QED) is 0.833. The van der Waals surface area contributed by atoms with Gasteiger partial charge in [0.25, 0.3) is 0 Å². The number of aryl methyl sites for hydroxylation is 1. The van der Waals surface area contributed by atoms with Gasteiger partial charge in [0.05, 0.1) is 12.3 Å². The molecule has 0 spiro atoms. The highest BCUT2D eigenvalue weighted by molar-refractivity contribution is 5.07. The second kappa shape index (κ2) is 7.79. The summed E-state index contributed by atoms with van der Waals surface area (Å²) in [6.45, 7) is 2.90. The Morgan fingerprint density at radius 2 is 2.15 bits per heavy atom. The highest BCUT2D eigenvalue weighted by atomic mass is 16.5. The first-order valence-electron chi connectivity index (χ1n) is 8.01. The van der Waals surface area contributed by atoms with E-state index in [9.17, 15) is 0 Å². The zero-order chi connectivity index (χ0) is 14.4. The van der Waals surface area contributed by atoms with E-state index >= 15 is 0 Å². The molecule has 0 amide bonds. The van der Waals surface area contributed by atoms with Crippen molar-refractivity contribution in [2.45, 2.75) is 57.6 Å². The third-order valence-corrected chi connectivity index (χ3v) is 4.45. The van der Waals surface area contributed by atoms with Gasteiger partial charge in [-0.3, -0.25) is 4.68 Å². The molecule has 1 aliphatic carbocycles. The van der Waals surface area contributed by atoms with Crippen LogP contribution in [-0.4, -0.2) is 35.6 Å². The van der Waals surface area contributed by atoms with Gasteiger partial charge in [-0.25, -0.2) is 0 Å². The lowest BCUT2D eigenvalue weighted by atomic mass is 9.81. The predicted molar refractivity (Wildman–Crippen MR) is 81.7 cm³/mol. The van der Waals surface area contributed by atoms with E-state index in [0.717, 1.165) is 13.0 Å². The normalized spacial score (nSPS) is 19.9. The summed E-state index contributed by atoms with van der Waals surface area (Å²) in [7, 11) is 4.02. The van der Waals surface area contributed by atoms with Gasteiger partial charge in [-0.05, 0) is 44.7 Å². The van der Waals surface area contributed by atoms with Crippen LogP contribution in [0.2, 0.25) is 0 Å². The molecule has 1 aliphatic rings. The van der Waals surface area contributed by atoms with E-state index < -0.39 is 0 Å². The van der Waals surface area contributed by atoms with Gasteiger partial charge in [0.1, 0.15) is 0 Å². The van der Waals surface area contributed by atoms with Gasteiger partial charge in [-0.2, -0.15) is 5.10 Å². The fourth-order valence-electron chi connectivity index (χ4n) is 3.45. The van der Waals surface area contributed by atoms with Crippen LogP contribution in [-0.2, 0) is 18.2 Å². The van der Waals surface area contributed by atoms with Crippen LogP contribution in [0.5, 0.6) is 0 Å². The number of nitrogens with zero attached hydrogens (tertiary/aromatic N) is 2. The largest absolute Gasteiger partial charge is 0.377 e. The monoisotopic (exact) mass is 279 g/mol. The molecule has 114 valence electrons. The lowest BCUT2D eigenvalue weighted by Gasteiger charge is -2.35. The van der Waals surface area contributed by atoms with Gasteiger partial charge < -0.3 is 10.1 Å². The average molecular weight is 279 g/mol. The molecule has 2 rings (SSSR count). The minimum Gasteiger partial charge on any atom is -0.377 e. The van der Waals surface area contributed by atoms with E-state index in [4.69, 9.17) is 4.74 Å². The number of rotatable bonds is 7. The van der Waals surface area contributed by atoms with E-state index in [-0.39, 0.29) is 0 Å². The molecule has 1 N–H and O–H groups in total. The van der Waals surface area contributed by atoms with Crippen molar-refractivity contribution in [2.75, 3.05) is 13.7 Å². The highest BCUT2D eigenvalue weighted by Gasteiger charge is 2.30. The molecule has 4 heteroatoms. The number of hydrogen-bond donors (Lipinski definition) is 1. The molecule has 4 nitrogen and oxygen atoms in total. The van der Waals surface area contributed by atoms with E-state index in [1.807, 2.05) is 17.9 Å². The van der Waals surface area contributed by atoms with E-state index in [1.165, 1.54) is 37.7 Å². The van der Waals surface area contributed by atoms with Crippen molar-refractivity contribution in [3.8, 4) is 0 Å². The van der Waals surface area contributed by atoms with Gasteiger partial charge in [0.15, 0.2) is 0 Å². The number of aromatic nitrogens is 2. The molecule has 1 heterocycles. The molecule has 0 aromatic carbocycles. The minimum atomic E-state index is 0.325. The fraction of sp³-hybridized carbons (Fsp3) is 0.812. The van der Waals surface area contributed by atoms with E-state index in [1.54, 1.807) is 0 Å². The third-order valence-electron chi connectivity index (χ3n) is 4.45. The molecular formula is C16H29N3O. The number of likely N-dealkylation sites (N-methyl/N-ethyl adjacent to an activating group) is 1. The van der Waals surface area contributed by atoms with Gasteiger partial charge in [-0.1, -0.05) is 19.3 Å². The topological polar surface area (TPSA) is 39.1 Å². The van der Waals surface area contributed by atoms with Gasteiger partial charge in [-0.15, -0.1) is 0 Å². The molecule has 1 aromatic rings. The lowest BCUT2D eigenvalue weighted by Crippen LogP contribution is -2.46. The van der Waals surface area contributed by atoms with Gasteiger partial charge >= 0.3 is 0 Å². The van der Waals surface area contributed by atoms with Crippen molar-refractivity contribution >= 4 is 0 Å². The standard InChI is InChI=1S/C16H29N3O/c1-4-20-16(14-8-6-5-7-9-14)15(17-2)10-13-11-18-19(3)12-13/h11-12,14-17H,4-10H2,1-3H3. The smallest absolute Gasteiger partial charge is 0.0759 e. The fourth-order valence-corrected chi connectivity index (χ4v) is 3.45. The Hall–Kier alpha value is -0.870. The molecule has 0 radical (unpaired) electrons. The summed E-state index contributed by atoms with van der Waals surface area (Å²) >= 11 is 0. The Kier molecular flexibility index (Phi) is 6.05. The summed E-state index contributed by atoms with van der Waals surface area (Å²) in [5.41, 5.74) is 1.28. The maximum Gasteiger partial charge on any atom is 0.0759 e. The summed E-state index contributed by atoms with van der Waals surface area (Å²) in [4.78, 5) is 0. The van der Waals surface area contributed by atoms with Crippen molar-refractivity contribution < 1.29 is 4.74 Å². The van der Waals surface area contributed by atoms with Gasteiger partial charge in [0, 0.05) is 25.9 Å². The van der Waals surface area contributed by atoms with E-state index in [2.05, 4.69) is 30.6 Å². The van der Waals surface area contributed by atoms with Crippen LogP contribution in [0.1, 0.15) is 44.6 Å². The maximum atomic E-state index is 6.12. The van der Waals surface area contributed by atoms with Crippen LogP contribution in [0.15, 0.2) is 12.4 Å². The SMILES string of the molecule is CCOC(C1CCCCC1)C(Cc1cnn(C)c1)NC. The van der Waals surface area contributed by atoms with Crippen molar-refractivity contribution in [3.05, 3.63) is 18.0 Å². The molecule has 0 bridgehead atoms. The van der Waals surface area contributed by atoms with Crippen molar-refractivity contribution in [2.24, 2.45) is 13.0 Å².